The van der Waals surface area contributed by atoms with Crippen molar-refractivity contribution in [3.8, 4) is 5.75 Å². The van der Waals surface area contributed by atoms with Crippen molar-refractivity contribution in [1.29, 1.82) is 0 Å². The number of carbonyl (C=O) groups is 1. The van der Waals surface area contributed by atoms with Crippen molar-refractivity contribution in [1.82, 2.24) is 14.8 Å². The first kappa shape index (κ1) is 24.3. The van der Waals surface area contributed by atoms with Gasteiger partial charge in [0.25, 0.3) is 5.91 Å². The maximum atomic E-state index is 14.1. The molecule has 0 N–H and O–H groups in total. The molecule has 0 saturated carbocycles. The molecule has 3 aromatic rings. The van der Waals surface area contributed by atoms with Crippen LogP contribution in [0, 0.1) is 11.7 Å². The number of benzene rings is 2. The zero-order valence-corrected chi connectivity index (χ0v) is 20.6. The number of piperidine rings is 1. The van der Waals surface area contributed by atoms with Crippen molar-refractivity contribution in [2.45, 2.75) is 19.4 Å². The third kappa shape index (κ3) is 6.02. The number of carbonyl (C=O) groups excluding carboxylic acids is 1. The molecule has 0 radical (unpaired) electrons. The fourth-order valence-corrected chi connectivity index (χ4v) is 5.10. The summed E-state index contributed by atoms with van der Waals surface area (Å²) in [5, 5.41) is 0. The number of pyridine rings is 1. The van der Waals surface area contributed by atoms with Crippen LogP contribution in [0.25, 0.3) is 0 Å². The molecule has 3 heterocycles. The van der Waals surface area contributed by atoms with Gasteiger partial charge in [0.05, 0.1) is 12.3 Å². The Morgan fingerprint density at radius 3 is 2.61 bits per heavy atom. The molecule has 36 heavy (non-hydrogen) atoms. The maximum Gasteiger partial charge on any atom is 0.272 e. The Hall–Kier alpha value is -3.45. The van der Waals surface area contributed by atoms with Crippen molar-refractivity contribution >= 4 is 11.6 Å². The number of ether oxygens (including phenoxy) is 1. The van der Waals surface area contributed by atoms with Gasteiger partial charge in [-0.25, -0.2) is 4.39 Å². The van der Waals surface area contributed by atoms with Crippen molar-refractivity contribution in [2.75, 3.05) is 50.8 Å². The fraction of sp³-hybridized carbons (Fsp3) is 0.379. The Bertz CT molecular complexity index is 1150. The maximum absolute atomic E-state index is 14.1. The largest absolute Gasteiger partial charge is 0.493 e. The number of nitrogens with zero attached hydrogens (tertiary/aromatic N) is 4. The number of amides is 1. The molecule has 1 atom stereocenters. The second kappa shape index (κ2) is 11.5. The summed E-state index contributed by atoms with van der Waals surface area (Å²) >= 11 is 0. The summed E-state index contributed by atoms with van der Waals surface area (Å²) < 4.78 is 20.3. The van der Waals surface area contributed by atoms with Gasteiger partial charge in [-0.3, -0.25) is 14.7 Å². The number of para-hydroxylation sites is 1. The molecule has 5 rings (SSSR count). The monoisotopic (exact) mass is 488 g/mol. The number of halogens is 1. The van der Waals surface area contributed by atoms with Gasteiger partial charge in [0, 0.05) is 57.9 Å². The van der Waals surface area contributed by atoms with Gasteiger partial charge in [0.15, 0.2) is 0 Å². The van der Waals surface area contributed by atoms with Gasteiger partial charge in [-0.15, -0.1) is 0 Å². The highest BCUT2D eigenvalue weighted by Gasteiger charge is 2.25. The van der Waals surface area contributed by atoms with Gasteiger partial charge in [0.2, 0.25) is 0 Å². The lowest BCUT2D eigenvalue weighted by Crippen LogP contribution is -2.46. The van der Waals surface area contributed by atoms with E-state index in [0.717, 1.165) is 57.9 Å². The van der Waals surface area contributed by atoms with E-state index in [1.807, 2.05) is 41.3 Å². The van der Waals surface area contributed by atoms with Crippen LogP contribution in [0.4, 0.5) is 10.1 Å². The summed E-state index contributed by atoms with van der Waals surface area (Å²) in [5.41, 5.74) is 2.40. The molecule has 1 unspecified atom stereocenters. The molecule has 0 bridgehead atoms. The Kier molecular flexibility index (Phi) is 7.76. The van der Waals surface area contributed by atoms with E-state index in [0.29, 0.717) is 30.5 Å². The summed E-state index contributed by atoms with van der Waals surface area (Å²) in [6.45, 7) is 6.31. The van der Waals surface area contributed by atoms with E-state index >= 15 is 0 Å². The van der Waals surface area contributed by atoms with Crippen LogP contribution in [-0.2, 0) is 6.54 Å². The first-order valence-corrected chi connectivity index (χ1v) is 12.8. The molecule has 2 fully saturated rings. The molecule has 2 aromatic carbocycles. The van der Waals surface area contributed by atoms with Crippen molar-refractivity contribution in [3.63, 3.8) is 0 Å². The molecule has 2 saturated heterocycles. The molecular weight excluding hydrogens is 455 g/mol. The number of rotatable bonds is 7. The van der Waals surface area contributed by atoms with E-state index in [1.54, 1.807) is 18.3 Å². The average molecular weight is 489 g/mol. The molecule has 6 nitrogen and oxygen atoms in total. The van der Waals surface area contributed by atoms with Gasteiger partial charge in [0.1, 0.15) is 17.3 Å². The number of hydrogen-bond acceptors (Lipinski definition) is 5. The number of anilines is 1. The van der Waals surface area contributed by atoms with Crippen LogP contribution in [0.2, 0.25) is 0 Å². The first-order chi connectivity index (χ1) is 17.7. The number of hydrogen-bond donors (Lipinski definition) is 0. The third-order valence-corrected chi connectivity index (χ3v) is 7.05. The van der Waals surface area contributed by atoms with Crippen LogP contribution < -0.4 is 9.64 Å². The van der Waals surface area contributed by atoms with E-state index in [1.165, 1.54) is 11.6 Å². The van der Waals surface area contributed by atoms with Crippen LogP contribution in [-0.4, -0.2) is 66.6 Å². The number of aromatic nitrogens is 1. The Labute approximate surface area is 212 Å². The van der Waals surface area contributed by atoms with E-state index in [4.69, 9.17) is 4.74 Å². The molecular formula is C29H33FN4O2. The summed E-state index contributed by atoms with van der Waals surface area (Å²) in [5.74, 6) is 1.02. The molecule has 2 aliphatic rings. The lowest BCUT2D eigenvalue weighted by Gasteiger charge is -2.36. The van der Waals surface area contributed by atoms with Crippen molar-refractivity contribution in [3.05, 3.63) is 90.0 Å². The second-order valence-electron chi connectivity index (χ2n) is 9.65. The normalized spacial score (nSPS) is 18.8. The van der Waals surface area contributed by atoms with Crippen molar-refractivity contribution < 1.29 is 13.9 Å². The highest BCUT2D eigenvalue weighted by atomic mass is 19.1. The molecule has 1 amide bonds. The standard InChI is InChI=1S/C29H33FN4O2/c30-26-10-1-2-12-28(26)33-17-15-32(16-18-33)20-23-7-5-9-25(19-23)36-22-24-8-6-14-34(21-24)29(35)27-11-3-4-13-31-27/h1-5,7,9-13,19,24H,6,8,14-18,20-22H2. The smallest absolute Gasteiger partial charge is 0.272 e. The van der Waals surface area contributed by atoms with Gasteiger partial charge < -0.3 is 14.5 Å². The molecule has 0 spiro atoms. The second-order valence-corrected chi connectivity index (χ2v) is 9.65. The quantitative estimate of drug-likeness (QED) is 0.491. The van der Waals surface area contributed by atoms with Crippen molar-refractivity contribution in [2.24, 2.45) is 5.92 Å². The lowest BCUT2D eigenvalue weighted by molar-refractivity contribution is 0.0627. The van der Waals surface area contributed by atoms with E-state index < -0.39 is 0 Å². The minimum absolute atomic E-state index is 0.00241. The Balaban J connectivity index is 1.10. The van der Waals surface area contributed by atoms with Gasteiger partial charge in [-0.05, 0) is 54.8 Å². The first-order valence-electron chi connectivity index (χ1n) is 12.8. The minimum atomic E-state index is -0.155. The van der Waals surface area contributed by atoms with Gasteiger partial charge >= 0.3 is 0 Å². The van der Waals surface area contributed by atoms with Crippen LogP contribution in [0.3, 0.4) is 0 Å². The summed E-state index contributed by atoms with van der Waals surface area (Å²) in [6, 6.07) is 20.7. The SMILES string of the molecule is O=C(c1ccccn1)N1CCCC(COc2cccc(CN3CCN(c4ccccc4F)CC3)c2)C1. The highest BCUT2D eigenvalue weighted by molar-refractivity contribution is 5.92. The van der Waals surface area contributed by atoms with Crippen LogP contribution in [0.15, 0.2) is 72.9 Å². The molecule has 7 heteroatoms. The summed E-state index contributed by atoms with van der Waals surface area (Å²) in [7, 11) is 0. The zero-order chi connectivity index (χ0) is 24.7. The van der Waals surface area contributed by atoms with Crippen LogP contribution >= 0.6 is 0 Å². The van der Waals surface area contributed by atoms with Crippen LogP contribution in [0.1, 0.15) is 28.9 Å². The fourth-order valence-electron chi connectivity index (χ4n) is 5.10. The Morgan fingerprint density at radius 1 is 0.972 bits per heavy atom. The topological polar surface area (TPSA) is 48.9 Å². The van der Waals surface area contributed by atoms with E-state index in [9.17, 15) is 9.18 Å². The predicted molar refractivity (Wildman–Crippen MR) is 139 cm³/mol. The van der Waals surface area contributed by atoms with Gasteiger partial charge in [-0.2, -0.15) is 0 Å². The number of likely N-dealkylation sites (tertiary alicyclic amines) is 1. The summed E-state index contributed by atoms with van der Waals surface area (Å²) in [6.07, 6.45) is 3.69. The third-order valence-electron chi connectivity index (χ3n) is 7.05. The zero-order valence-electron chi connectivity index (χ0n) is 20.6. The average Bonchev–Trinajstić information content (AvgIpc) is 2.93. The van der Waals surface area contributed by atoms with E-state index in [-0.39, 0.29) is 11.7 Å². The summed E-state index contributed by atoms with van der Waals surface area (Å²) in [4.78, 5) is 23.4. The molecule has 0 aliphatic carbocycles. The highest BCUT2D eigenvalue weighted by Crippen LogP contribution is 2.23. The van der Waals surface area contributed by atoms with E-state index in [2.05, 4.69) is 26.9 Å². The number of piperazine rings is 1. The predicted octanol–water partition coefficient (Wildman–Crippen LogP) is 4.47. The molecule has 2 aliphatic heterocycles. The molecule has 188 valence electrons. The van der Waals surface area contributed by atoms with Gasteiger partial charge in [-0.1, -0.05) is 30.3 Å². The van der Waals surface area contributed by atoms with Crippen LogP contribution in [0.5, 0.6) is 5.75 Å². The minimum Gasteiger partial charge on any atom is -0.493 e. The Morgan fingerprint density at radius 2 is 1.81 bits per heavy atom. The molecule has 1 aromatic heterocycles. The lowest BCUT2D eigenvalue weighted by atomic mass is 9.98.